The van der Waals surface area contributed by atoms with E-state index >= 15 is 0 Å². The van der Waals surface area contributed by atoms with E-state index in [-0.39, 0.29) is 5.02 Å². The number of benzene rings is 2. The maximum atomic E-state index is 14.1. The van der Waals surface area contributed by atoms with Gasteiger partial charge in [-0.1, -0.05) is 40.5 Å². The highest BCUT2D eigenvalue weighted by Crippen LogP contribution is 2.40. The monoisotopic (exact) mass is 562 g/mol. The van der Waals surface area contributed by atoms with Crippen LogP contribution in [0.2, 0.25) is 10.0 Å². The van der Waals surface area contributed by atoms with E-state index in [0.717, 1.165) is 5.56 Å². The molecular weight excluding hydrogens is 538 g/mol. The first-order valence-electron chi connectivity index (χ1n) is 11.8. The molecule has 0 bridgehead atoms. The summed E-state index contributed by atoms with van der Waals surface area (Å²) in [7, 11) is 1.48. The Labute approximate surface area is 227 Å². The Kier molecular flexibility index (Phi) is 7.49. The zero-order chi connectivity index (χ0) is 27.1. The van der Waals surface area contributed by atoms with Crippen LogP contribution in [0, 0.1) is 19.7 Å². The van der Waals surface area contributed by atoms with Gasteiger partial charge in [0, 0.05) is 17.7 Å². The third-order valence-electron chi connectivity index (χ3n) is 6.56. The van der Waals surface area contributed by atoms with Gasteiger partial charge in [-0.15, -0.1) is 5.10 Å². The zero-order valence-electron chi connectivity index (χ0n) is 20.7. The molecule has 5 atom stereocenters. The average molecular weight is 563 g/mol. The fraction of sp³-hybridized carbons (Fsp3) is 0.360. The van der Waals surface area contributed by atoms with Crippen LogP contribution in [0.5, 0.6) is 0 Å². The van der Waals surface area contributed by atoms with Gasteiger partial charge in [0.25, 0.3) is 0 Å². The molecule has 0 aliphatic carbocycles. The lowest BCUT2D eigenvalue weighted by Gasteiger charge is -2.43. The van der Waals surface area contributed by atoms with E-state index in [9.17, 15) is 14.6 Å². The fourth-order valence-corrected chi connectivity index (χ4v) is 4.97. The van der Waals surface area contributed by atoms with Crippen LogP contribution in [0.1, 0.15) is 29.4 Å². The lowest BCUT2D eigenvalue weighted by Crippen LogP contribution is -2.53. The Morgan fingerprint density at radius 1 is 1.16 bits per heavy atom. The molecule has 2 aromatic heterocycles. The Bertz CT molecular complexity index is 1460. The highest BCUT2D eigenvalue weighted by Gasteiger charge is 2.49. The van der Waals surface area contributed by atoms with E-state index in [2.05, 4.69) is 20.4 Å². The second-order valence-electron chi connectivity index (χ2n) is 9.03. The minimum Gasteiger partial charge on any atom is -0.394 e. The first-order valence-corrected chi connectivity index (χ1v) is 12.5. The van der Waals surface area contributed by atoms with Gasteiger partial charge in [0.2, 0.25) is 0 Å². The van der Waals surface area contributed by atoms with Crippen molar-refractivity contribution in [1.29, 1.82) is 0 Å². The maximum absolute atomic E-state index is 14.1. The summed E-state index contributed by atoms with van der Waals surface area (Å²) in [6.45, 7) is 3.19. The highest BCUT2D eigenvalue weighted by atomic mass is 35.5. The fourth-order valence-electron chi connectivity index (χ4n) is 4.68. The first kappa shape index (κ1) is 26.7. The Hall–Kier alpha value is -2.93. The Balaban J connectivity index is 1.58. The number of aromatic nitrogens is 6. The number of hydrogen-bond donors (Lipinski definition) is 2. The van der Waals surface area contributed by atoms with Gasteiger partial charge in [-0.05, 0) is 43.7 Å². The third-order valence-corrected chi connectivity index (χ3v) is 7.10. The van der Waals surface area contributed by atoms with Crippen molar-refractivity contribution in [3.63, 3.8) is 0 Å². The molecule has 0 saturated carbocycles. The maximum Gasteiger partial charge on any atom is 0.164 e. The van der Waals surface area contributed by atoms with E-state index in [1.54, 1.807) is 36.0 Å². The van der Waals surface area contributed by atoms with Crippen molar-refractivity contribution in [2.45, 2.75) is 44.3 Å². The topological polar surface area (TPSA) is 120 Å². The lowest BCUT2D eigenvalue weighted by atomic mass is 9.91. The molecule has 1 aliphatic rings. The van der Waals surface area contributed by atoms with Crippen LogP contribution in [0.4, 0.5) is 4.39 Å². The summed E-state index contributed by atoms with van der Waals surface area (Å²) in [4.78, 5) is 4.61. The van der Waals surface area contributed by atoms with Gasteiger partial charge in [-0.25, -0.2) is 18.7 Å². The summed E-state index contributed by atoms with van der Waals surface area (Å²) in [6.07, 6.45) is -2.35. The van der Waals surface area contributed by atoms with E-state index in [1.807, 2.05) is 13.0 Å². The van der Waals surface area contributed by atoms with E-state index in [0.29, 0.717) is 33.6 Å². The summed E-state index contributed by atoms with van der Waals surface area (Å²) in [5.74, 6) is 0.287. The quantitative estimate of drug-likeness (QED) is 0.365. The van der Waals surface area contributed by atoms with Gasteiger partial charge in [0.15, 0.2) is 5.82 Å². The molecule has 2 N–H and O–H groups in total. The van der Waals surface area contributed by atoms with Crippen LogP contribution in [-0.4, -0.2) is 72.0 Å². The Morgan fingerprint density at radius 3 is 2.66 bits per heavy atom. The van der Waals surface area contributed by atoms with Gasteiger partial charge >= 0.3 is 0 Å². The molecule has 2 aromatic carbocycles. The normalized spacial score (nSPS) is 23.6. The molecule has 38 heavy (non-hydrogen) atoms. The predicted octanol–water partition coefficient (Wildman–Crippen LogP) is 3.64. The number of nitrogens with zero attached hydrogens (tertiary/aromatic N) is 6. The van der Waals surface area contributed by atoms with Gasteiger partial charge in [0.1, 0.15) is 47.8 Å². The average Bonchev–Trinajstić information content (AvgIpc) is 3.53. The minimum absolute atomic E-state index is 0.0107. The second kappa shape index (κ2) is 10.7. The van der Waals surface area contributed by atoms with Crippen LogP contribution in [0.3, 0.4) is 0 Å². The molecule has 0 amide bonds. The van der Waals surface area contributed by atoms with Crippen molar-refractivity contribution in [3.05, 3.63) is 75.7 Å². The van der Waals surface area contributed by atoms with Crippen molar-refractivity contribution in [1.82, 2.24) is 29.8 Å². The van der Waals surface area contributed by atoms with E-state index in [4.69, 9.17) is 32.7 Å². The molecule has 3 heterocycles. The van der Waals surface area contributed by atoms with E-state index in [1.165, 1.54) is 23.9 Å². The summed E-state index contributed by atoms with van der Waals surface area (Å²) in [5.41, 5.74) is 2.41. The molecule has 200 valence electrons. The standard InChI is InChI=1S/C25H25Cl2FN6O4/c1-12-4-6-15(26)9-19(12)34-25(29-13(2)31-34)24-23(37-3)21(22(36)20(11-35)38-24)33-10-18(30-32-33)14-5-7-16(27)17(28)8-14/h4-10,20-24,35-36H,11H2,1-3H3/t20-,21+,22+,23-,24-/m1/s1. The summed E-state index contributed by atoms with van der Waals surface area (Å²) < 4.78 is 29.1. The molecule has 0 unspecified atom stereocenters. The molecule has 1 saturated heterocycles. The Morgan fingerprint density at radius 2 is 1.95 bits per heavy atom. The predicted molar refractivity (Wildman–Crippen MR) is 137 cm³/mol. The van der Waals surface area contributed by atoms with Crippen molar-refractivity contribution < 1.29 is 24.1 Å². The third kappa shape index (κ3) is 4.81. The lowest BCUT2D eigenvalue weighted by molar-refractivity contribution is -0.217. The van der Waals surface area contributed by atoms with Crippen molar-refractivity contribution >= 4 is 23.2 Å². The van der Waals surface area contributed by atoms with Crippen LogP contribution in [0.15, 0.2) is 42.6 Å². The number of hydrogen-bond acceptors (Lipinski definition) is 8. The van der Waals surface area contributed by atoms with Crippen LogP contribution in [0.25, 0.3) is 16.9 Å². The number of rotatable bonds is 6. The van der Waals surface area contributed by atoms with Crippen molar-refractivity contribution in [3.8, 4) is 16.9 Å². The molecule has 0 spiro atoms. The van der Waals surface area contributed by atoms with Crippen LogP contribution in [-0.2, 0) is 9.47 Å². The first-order chi connectivity index (χ1) is 18.2. The number of aryl methyl sites for hydroxylation is 2. The van der Waals surface area contributed by atoms with Crippen molar-refractivity contribution in [2.75, 3.05) is 13.7 Å². The number of aliphatic hydroxyl groups is 2. The molecule has 10 nitrogen and oxygen atoms in total. The van der Waals surface area contributed by atoms with Crippen molar-refractivity contribution in [2.24, 2.45) is 0 Å². The van der Waals surface area contributed by atoms with Gasteiger partial charge in [-0.3, -0.25) is 0 Å². The van der Waals surface area contributed by atoms with Crippen LogP contribution < -0.4 is 0 Å². The molecule has 4 aromatic rings. The second-order valence-corrected chi connectivity index (χ2v) is 9.88. The summed E-state index contributed by atoms with van der Waals surface area (Å²) >= 11 is 12.1. The van der Waals surface area contributed by atoms with E-state index < -0.39 is 42.9 Å². The summed E-state index contributed by atoms with van der Waals surface area (Å²) in [5, 5.41) is 34.7. The molecule has 1 fully saturated rings. The SMILES string of the molecule is CO[C@@H]1[C@@H](n2cc(-c3ccc(Cl)c(F)c3)nn2)[C@@H](O)[C@@H](CO)O[C@H]1c1nc(C)nn1-c1cc(Cl)ccc1C. The van der Waals surface area contributed by atoms with Crippen LogP contribution >= 0.6 is 23.2 Å². The highest BCUT2D eigenvalue weighted by molar-refractivity contribution is 6.31. The zero-order valence-corrected chi connectivity index (χ0v) is 22.2. The molecule has 13 heteroatoms. The number of methoxy groups -OCH3 is 1. The molecule has 0 radical (unpaired) electrons. The largest absolute Gasteiger partial charge is 0.394 e. The molecule has 5 rings (SSSR count). The number of halogens is 3. The molecular formula is C25H25Cl2FN6O4. The number of aliphatic hydroxyl groups excluding tert-OH is 2. The van der Waals surface area contributed by atoms with Gasteiger partial charge in [-0.2, -0.15) is 5.10 Å². The smallest absolute Gasteiger partial charge is 0.164 e. The van der Waals surface area contributed by atoms with Gasteiger partial charge < -0.3 is 19.7 Å². The molecule has 1 aliphatic heterocycles. The minimum atomic E-state index is -1.22. The summed E-state index contributed by atoms with van der Waals surface area (Å²) in [6, 6.07) is 8.87. The number of ether oxygens (including phenoxy) is 2. The van der Waals surface area contributed by atoms with Gasteiger partial charge in [0.05, 0.1) is 23.5 Å².